The second kappa shape index (κ2) is 4.25. The second-order valence-corrected chi connectivity index (χ2v) is 4.51. The fourth-order valence-electron chi connectivity index (χ4n) is 1.21. The Morgan fingerprint density at radius 3 is 2.23 bits per heavy atom. The summed E-state index contributed by atoms with van der Waals surface area (Å²) in [4.78, 5) is 2.45. The Labute approximate surface area is 88.9 Å². The van der Waals surface area contributed by atoms with Crippen LogP contribution in [0.2, 0.25) is 0 Å². The third-order valence-corrected chi connectivity index (χ3v) is 3.61. The van der Waals surface area contributed by atoms with Crippen LogP contribution in [0.3, 0.4) is 0 Å². The van der Waals surface area contributed by atoms with E-state index in [-0.39, 0.29) is 0 Å². The summed E-state index contributed by atoms with van der Waals surface area (Å²) in [5.41, 5.74) is 4.01. The van der Waals surface area contributed by atoms with Gasteiger partial charge in [0.05, 0.1) is 4.95 Å². The molecule has 1 atom stereocenters. The van der Waals surface area contributed by atoms with Crippen molar-refractivity contribution in [3.63, 3.8) is 0 Å². The van der Waals surface area contributed by atoms with Gasteiger partial charge < -0.3 is 0 Å². The fourth-order valence-corrected chi connectivity index (χ4v) is 1.50. The molecule has 1 nitrogen and oxygen atoms in total. The molecule has 1 aromatic carbocycles. The predicted octanol–water partition coefficient (Wildman–Crippen LogP) is 3.26. The summed E-state index contributed by atoms with van der Waals surface area (Å²) in [7, 11) is 4.13. The summed E-state index contributed by atoms with van der Waals surface area (Å²) in [6, 6.07) is 6.57. The SMILES string of the molecule is Cc1ccc(C(Br)N(C)C)cc1C. The highest BCUT2D eigenvalue weighted by molar-refractivity contribution is 9.09. The van der Waals surface area contributed by atoms with E-state index in [9.17, 15) is 0 Å². The lowest BCUT2D eigenvalue weighted by Gasteiger charge is -2.19. The van der Waals surface area contributed by atoms with Gasteiger partial charge in [0.2, 0.25) is 0 Å². The minimum Gasteiger partial charge on any atom is -0.293 e. The van der Waals surface area contributed by atoms with Crippen LogP contribution in [0.1, 0.15) is 21.6 Å². The van der Waals surface area contributed by atoms with Crippen LogP contribution in [0.4, 0.5) is 0 Å². The Balaban J connectivity index is 2.97. The maximum Gasteiger partial charge on any atom is 0.0906 e. The van der Waals surface area contributed by atoms with Crippen LogP contribution in [0.5, 0.6) is 0 Å². The Bertz CT molecular complexity index is 294. The number of benzene rings is 1. The first-order valence-corrected chi connectivity index (χ1v) is 5.31. The molecule has 72 valence electrons. The summed E-state index contributed by atoms with van der Waals surface area (Å²) < 4.78 is 0. The van der Waals surface area contributed by atoms with E-state index in [1.165, 1.54) is 16.7 Å². The van der Waals surface area contributed by atoms with Crippen LogP contribution in [0.15, 0.2) is 18.2 Å². The van der Waals surface area contributed by atoms with Gasteiger partial charge in [0.1, 0.15) is 0 Å². The van der Waals surface area contributed by atoms with Crippen LogP contribution >= 0.6 is 15.9 Å². The number of aryl methyl sites for hydroxylation is 2. The standard InChI is InChI=1S/C11H16BrN/c1-8-5-6-10(7-9(8)2)11(12)13(3)4/h5-7,11H,1-4H3. The zero-order valence-electron chi connectivity index (χ0n) is 8.63. The van der Waals surface area contributed by atoms with Crippen molar-refractivity contribution in [2.45, 2.75) is 18.8 Å². The van der Waals surface area contributed by atoms with Crippen molar-refractivity contribution < 1.29 is 0 Å². The molecule has 13 heavy (non-hydrogen) atoms. The first-order valence-electron chi connectivity index (χ1n) is 4.40. The summed E-state index contributed by atoms with van der Waals surface area (Å²) in [5, 5.41) is 0. The van der Waals surface area contributed by atoms with Crippen LogP contribution in [0, 0.1) is 13.8 Å². The zero-order valence-corrected chi connectivity index (χ0v) is 10.2. The van der Waals surface area contributed by atoms with Gasteiger partial charge in [0.25, 0.3) is 0 Å². The van der Waals surface area contributed by atoms with Crippen molar-refractivity contribution >= 4 is 15.9 Å². The van der Waals surface area contributed by atoms with Gasteiger partial charge in [-0.2, -0.15) is 0 Å². The lowest BCUT2D eigenvalue weighted by Crippen LogP contribution is -2.14. The van der Waals surface area contributed by atoms with Crippen molar-refractivity contribution in [1.82, 2.24) is 4.90 Å². The molecule has 0 saturated heterocycles. The molecular formula is C11H16BrN. The maximum absolute atomic E-state index is 3.63. The molecule has 0 fully saturated rings. The highest BCUT2D eigenvalue weighted by atomic mass is 79.9. The van der Waals surface area contributed by atoms with Gasteiger partial charge in [-0.3, -0.25) is 4.90 Å². The monoisotopic (exact) mass is 241 g/mol. The smallest absolute Gasteiger partial charge is 0.0906 e. The van der Waals surface area contributed by atoms with E-state index in [0.717, 1.165) is 0 Å². The molecule has 2 heteroatoms. The van der Waals surface area contributed by atoms with Crippen LogP contribution in [-0.2, 0) is 0 Å². The van der Waals surface area contributed by atoms with Crippen molar-refractivity contribution in [1.29, 1.82) is 0 Å². The topological polar surface area (TPSA) is 3.24 Å². The molecular weight excluding hydrogens is 226 g/mol. The molecule has 0 aromatic heterocycles. The maximum atomic E-state index is 3.63. The van der Waals surface area contributed by atoms with E-state index in [0.29, 0.717) is 4.95 Å². The summed E-state index contributed by atoms with van der Waals surface area (Å²) in [6.07, 6.45) is 0. The van der Waals surface area contributed by atoms with Gasteiger partial charge in [0, 0.05) is 0 Å². The molecule has 0 heterocycles. The summed E-state index contributed by atoms with van der Waals surface area (Å²) in [5.74, 6) is 0. The quantitative estimate of drug-likeness (QED) is 0.568. The van der Waals surface area contributed by atoms with Crippen molar-refractivity contribution in [2.24, 2.45) is 0 Å². The normalized spacial score (nSPS) is 13.4. The van der Waals surface area contributed by atoms with Gasteiger partial charge >= 0.3 is 0 Å². The molecule has 1 aromatic rings. The Morgan fingerprint density at radius 2 is 1.77 bits per heavy atom. The summed E-state index contributed by atoms with van der Waals surface area (Å²) in [6.45, 7) is 4.28. The minimum absolute atomic E-state index is 0.312. The van der Waals surface area contributed by atoms with Crippen LogP contribution in [-0.4, -0.2) is 19.0 Å². The largest absolute Gasteiger partial charge is 0.293 e. The van der Waals surface area contributed by atoms with E-state index < -0.39 is 0 Å². The number of halogens is 1. The highest BCUT2D eigenvalue weighted by Gasteiger charge is 2.09. The van der Waals surface area contributed by atoms with E-state index in [4.69, 9.17) is 0 Å². The minimum atomic E-state index is 0.312. The molecule has 0 aliphatic rings. The number of nitrogens with zero attached hydrogens (tertiary/aromatic N) is 1. The average Bonchev–Trinajstić information content (AvgIpc) is 2.08. The molecule has 0 bridgehead atoms. The number of alkyl halides is 1. The number of rotatable bonds is 2. The number of hydrogen-bond acceptors (Lipinski definition) is 1. The van der Waals surface area contributed by atoms with Gasteiger partial charge in [0.15, 0.2) is 0 Å². The van der Waals surface area contributed by atoms with Gasteiger partial charge in [-0.15, -0.1) is 0 Å². The fraction of sp³-hybridized carbons (Fsp3) is 0.455. The van der Waals surface area contributed by atoms with E-state index in [2.05, 4.69) is 67.0 Å². The predicted molar refractivity (Wildman–Crippen MR) is 61.3 cm³/mol. The zero-order chi connectivity index (χ0) is 10.0. The van der Waals surface area contributed by atoms with Crippen LogP contribution < -0.4 is 0 Å². The van der Waals surface area contributed by atoms with Crippen LogP contribution in [0.25, 0.3) is 0 Å². The molecule has 1 rings (SSSR count). The Morgan fingerprint density at radius 1 is 1.15 bits per heavy atom. The average molecular weight is 242 g/mol. The third kappa shape index (κ3) is 2.55. The van der Waals surface area contributed by atoms with Crippen molar-refractivity contribution in [2.75, 3.05) is 14.1 Å². The van der Waals surface area contributed by atoms with E-state index in [1.807, 2.05) is 0 Å². The summed E-state index contributed by atoms with van der Waals surface area (Å²) >= 11 is 3.63. The Hall–Kier alpha value is -0.340. The van der Waals surface area contributed by atoms with E-state index >= 15 is 0 Å². The van der Waals surface area contributed by atoms with Gasteiger partial charge in [-0.1, -0.05) is 34.1 Å². The molecule has 0 aliphatic carbocycles. The molecule has 0 amide bonds. The number of hydrogen-bond donors (Lipinski definition) is 0. The van der Waals surface area contributed by atoms with Gasteiger partial charge in [-0.25, -0.2) is 0 Å². The van der Waals surface area contributed by atoms with Crippen molar-refractivity contribution in [3.8, 4) is 0 Å². The van der Waals surface area contributed by atoms with E-state index in [1.54, 1.807) is 0 Å². The second-order valence-electron chi connectivity index (χ2n) is 3.64. The van der Waals surface area contributed by atoms with Crippen molar-refractivity contribution in [3.05, 3.63) is 34.9 Å². The molecule has 1 unspecified atom stereocenters. The lowest BCUT2D eigenvalue weighted by atomic mass is 10.1. The first-order chi connectivity index (χ1) is 6.02. The lowest BCUT2D eigenvalue weighted by molar-refractivity contribution is 0.398. The third-order valence-electron chi connectivity index (χ3n) is 2.26. The molecule has 0 N–H and O–H groups in total. The molecule has 0 saturated carbocycles. The Kier molecular flexibility index (Phi) is 3.51. The highest BCUT2D eigenvalue weighted by Crippen LogP contribution is 2.25. The molecule has 0 spiro atoms. The first kappa shape index (κ1) is 10.7. The molecule has 0 aliphatic heterocycles. The van der Waals surface area contributed by atoms with Gasteiger partial charge in [-0.05, 0) is 44.6 Å². The molecule has 0 radical (unpaired) electrons.